The third-order valence-electron chi connectivity index (χ3n) is 4.25. The summed E-state index contributed by atoms with van der Waals surface area (Å²) in [6.07, 6.45) is 5.18. The molecule has 132 valence electrons. The van der Waals surface area contributed by atoms with Gasteiger partial charge >= 0.3 is 0 Å². The van der Waals surface area contributed by atoms with Crippen LogP contribution in [0.5, 0.6) is 0 Å². The van der Waals surface area contributed by atoms with Crippen LogP contribution in [0.25, 0.3) is 6.08 Å². The second-order valence-electron chi connectivity index (χ2n) is 6.08. The Bertz CT molecular complexity index is 730. The van der Waals surface area contributed by atoms with E-state index in [1.165, 1.54) is 11.8 Å². The molecule has 0 bridgehead atoms. The highest BCUT2D eigenvalue weighted by molar-refractivity contribution is 9.10. The molecule has 0 unspecified atom stereocenters. The van der Waals surface area contributed by atoms with E-state index in [0.717, 1.165) is 36.0 Å². The molecule has 0 aliphatic carbocycles. The molecule has 2 heterocycles. The van der Waals surface area contributed by atoms with Gasteiger partial charge in [0.2, 0.25) is 5.91 Å². The maximum absolute atomic E-state index is 12.6. The van der Waals surface area contributed by atoms with Crippen LogP contribution < -0.4 is 0 Å². The first kappa shape index (κ1) is 18.6. The summed E-state index contributed by atoms with van der Waals surface area (Å²) in [4.78, 5) is 28.8. The SMILES string of the molecule is O=C(CCCN1C(=O)/C(=C/c2cccc(Br)c2)SC1=S)N1CCCC1. The van der Waals surface area contributed by atoms with Gasteiger partial charge in [-0.1, -0.05) is 52.0 Å². The smallest absolute Gasteiger partial charge is 0.266 e. The number of likely N-dealkylation sites (tertiary alicyclic amines) is 1. The number of rotatable bonds is 5. The van der Waals surface area contributed by atoms with Crippen LogP contribution in [-0.4, -0.2) is 45.6 Å². The molecule has 0 spiro atoms. The number of halogens is 1. The Labute approximate surface area is 165 Å². The van der Waals surface area contributed by atoms with Gasteiger partial charge in [0.15, 0.2) is 0 Å². The average molecular weight is 439 g/mol. The van der Waals surface area contributed by atoms with Crippen LogP contribution in [0.3, 0.4) is 0 Å². The molecule has 1 aromatic rings. The van der Waals surface area contributed by atoms with Crippen molar-refractivity contribution in [1.29, 1.82) is 0 Å². The Balaban J connectivity index is 1.57. The van der Waals surface area contributed by atoms with Crippen LogP contribution in [-0.2, 0) is 9.59 Å². The van der Waals surface area contributed by atoms with E-state index < -0.39 is 0 Å². The fraction of sp³-hybridized carbons (Fsp3) is 0.389. The molecule has 3 rings (SSSR count). The van der Waals surface area contributed by atoms with Gasteiger partial charge in [0.05, 0.1) is 4.91 Å². The zero-order chi connectivity index (χ0) is 17.8. The van der Waals surface area contributed by atoms with Crippen molar-refractivity contribution in [3.63, 3.8) is 0 Å². The van der Waals surface area contributed by atoms with Crippen LogP contribution >= 0.6 is 39.9 Å². The normalized spacial score (nSPS) is 19.3. The maximum atomic E-state index is 12.6. The summed E-state index contributed by atoms with van der Waals surface area (Å²) in [5.41, 5.74) is 0.957. The maximum Gasteiger partial charge on any atom is 0.266 e. The first-order chi connectivity index (χ1) is 12.0. The van der Waals surface area contributed by atoms with Gasteiger partial charge in [-0.2, -0.15) is 0 Å². The second-order valence-corrected chi connectivity index (χ2v) is 8.67. The predicted molar refractivity (Wildman–Crippen MR) is 109 cm³/mol. The van der Waals surface area contributed by atoms with Crippen LogP contribution in [0.2, 0.25) is 0 Å². The number of hydrogen-bond acceptors (Lipinski definition) is 4. The molecule has 2 amide bonds. The van der Waals surface area contributed by atoms with Crippen molar-refractivity contribution >= 4 is 62.1 Å². The van der Waals surface area contributed by atoms with Crippen molar-refractivity contribution in [1.82, 2.24) is 9.80 Å². The van der Waals surface area contributed by atoms with Crippen molar-refractivity contribution in [2.75, 3.05) is 19.6 Å². The highest BCUT2D eigenvalue weighted by atomic mass is 79.9. The molecular weight excluding hydrogens is 420 g/mol. The molecule has 0 aromatic heterocycles. The minimum absolute atomic E-state index is 0.0661. The monoisotopic (exact) mass is 438 g/mol. The van der Waals surface area contributed by atoms with E-state index in [-0.39, 0.29) is 11.8 Å². The summed E-state index contributed by atoms with van der Waals surface area (Å²) >= 11 is 10.1. The zero-order valence-corrected chi connectivity index (χ0v) is 17.0. The lowest BCUT2D eigenvalue weighted by molar-refractivity contribution is -0.130. The number of amides is 2. The molecule has 0 atom stereocenters. The molecule has 4 nitrogen and oxygen atoms in total. The Morgan fingerprint density at radius 2 is 2.08 bits per heavy atom. The first-order valence-electron chi connectivity index (χ1n) is 8.33. The van der Waals surface area contributed by atoms with Crippen molar-refractivity contribution in [2.45, 2.75) is 25.7 Å². The van der Waals surface area contributed by atoms with Gasteiger partial charge in [0.25, 0.3) is 5.91 Å². The van der Waals surface area contributed by atoms with Crippen LogP contribution in [0, 0.1) is 0 Å². The van der Waals surface area contributed by atoms with Gasteiger partial charge in [-0.25, -0.2) is 0 Å². The topological polar surface area (TPSA) is 40.6 Å². The van der Waals surface area contributed by atoms with E-state index in [9.17, 15) is 9.59 Å². The summed E-state index contributed by atoms with van der Waals surface area (Å²) in [5, 5.41) is 0. The third-order valence-corrected chi connectivity index (χ3v) is 6.12. The van der Waals surface area contributed by atoms with E-state index in [1.807, 2.05) is 35.2 Å². The summed E-state index contributed by atoms with van der Waals surface area (Å²) in [7, 11) is 0. The van der Waals surface area contributed by atoms with E-state index in [0.29, 0.717) is 28.6 Å². The molecule has 2 aliphatic rings. The first-order valence-corrected chi connectivity index (χ1v) is 10.3. The van der Waals surface area contributed by atoms with Crippen molar-refractivity contribution in [3.8, 4) is 0 Å². The highest BCUT2D eigenvalue weighted by Crippen LogP contribution is 2.33. The number of benzene rings is 1. The Morgan fingerprint density at radius 1 is 1.32 bits per heavy atom. The minimum Gasteiger partial charge on any atom is -0.343 e. The quantitative estimate of drug-likeness (QED) is 0.513. The average Bonchev–Trinajstić information content (AvgIpc) is 3.19. The molecule has 0 saturated carbocycles. The van der Waals surface area contributed by atoms with Crippen LogP contribution in [0.15, 0.2) is 33.6 Å². The molecule has 7 heteroatoms. The zero-order valence-electron chi connectivity index (χ0n) is 13.7. The number of carbonyl (C=O) groups is 2. The van der Waals surface area contributed by atoms with Crippen molar-refractivity contribution in [2.24, 2.45) is 0 Å². The number of thioether (sulfide) groups is 1. The Kier molecular flexibility index (Phi) is 6.30. The second kappa shape index (κ2) is 8.47. The van der Waals surface area contributed by atoms with Gasteiger partial charge in [0.1, 0.15) is 4.32 Å². The van der Waals surface area contributed by atoms with E-state index in [2.05, 4.69) is 15.9 Å². The standard InChI is InChI=1S/C18H19BrN2O2S2/c19-14-6-3-5-13(11-14)12-15-17(23)21(18(24)25-15)10-4-7-16(22)20-8-1-2-9-20/h3,5-6,11-12H,1-2,4,7-10H2/b15-12-. The number of nitrogens with zero attached hydrogens (tertiary/aromatic N) is 2. The van der Waals surface area contributed by atoms with Gasteiger partial charge < -0.3 is 4.90 Å². The Morgan fingerprint density at radius 3 is 2.80 bits per heavy atom. The highest BCUT2D eigenvalue weighted by Gasteiger charge is 2.31. The van der Waals surface area contributed by atoms with Crippen LogP contribution in [0.1, 0.15) is 31.2 Å². The van der Waals surface area contributed by atoms with Gasteiger partial charge in [-0.15, -0.1) is 0 Å². The molecule has 2 saturated heterocycles. The summed E-state index contributed by atoms with van der Waals surface area (Å²) < 4.78 is 1.54. The summed E-state index contributed by atoms with van der Waals surface area (Å²) in [6, 6.07) is 7.79. The lowest BCUT2D eigenvalue weighted by Crippen LogP contribution is -2.31. The lowest BCUT2D eigenvalue weighted by atomic mass is 10.2. The molecule has 25 heavy (non-hydrogen) atoms. The van der Waals surface area contributed by atoms with Gasteiger partial charge in [-0.3, -0.25) is 14.5 Å². The molecule has 2 fully saturated rings. The molecule has 0 radical (unpaired) electrons. The largest absolute Gasteiger partial charge is 0.343 e. The number of hydrogen-bond donors (Lipinski definition) is 0. The third kappa shape index (κ3) is 4.71. The van der Waals surface area contributed by atoms with Crippen LogP contribution in [0.4, 0.5) is 0 Å². The van der Waals surface area contributed by atoms with E-state index >= 15 is 0 Å². The fourth-order valence-corrected chi connectivity index (χ4v) is 4.68. The Hall–Kier alpha value is -1.18. The predicted octanol–water partition coefficient (Wildman–Crippen LogP) is 4.05. The number of carbonyl (C=O) groups excluding carboxylic acids is 2. The number of thiocarbonyl (C=S) groups is 1. The van der Waals surface area contributed by atoms with Gasteiger partial charge in [0, 0.05) is 30.5 Å². The molecular formula is C18H19BrN2O2S2. The van der Waals surface area contributed by atoms with E-state index in [1.54, 1.807) is 4.90 Å². The van der Waals surface area contributed by atoms with Crippen molar-refractivity contribution < 1.29 is 9.59 Å². The fourth-order valence-electron chi connectivity index (χ4n) is 2.95. The molecule has 2 aliphatic heterocycles. The van der Waals surface area contributed by atoms with E-state index in [4.69, 9.17) is 12.2 Å². The van der Waals surface area contributed by atoms with Crippen molar-refractivity contribution in [3.05, 3.63) is 39.2 Å². The molecule has 0 N–H and O–H groups in total. The van der Waals surface area contributed by atoms with Gasteiger partial charge in [-0.05, 0) is 43.0 Å². The summed E-state index contributed by atoms with van der Waals surface area (Å²) in [5.74, 6) is 0.121. The summed E-state index contributed by atoms with van der Waals surface area (Å²) in [6.45, 7) is 2.24. The molecule has 1 aromatic carbocycles. The lowest BCUT2D eigenvalue weighted by Gasteiger charge is -2.17. The minimum atomic E-state index is -0.0661.